The Bertz CT molecular complexity index is 1160. The largest absolute Gasteiger partial charge is 0.480 e. The lowest BCUT2D eigenvalue weighted by atomic mass is 9.98. The van der Waals surface area contributed by atoms with Crippen molar-refractivity contribution in [3.05, 3.63) is 70.7 Å². The third-order valence-corrected chi connectivity index (χ3v) is 6.41. The second-order valence-electron chi connectivity index (χ2n) is 8.01. The second kappa shape index (κ2) is 9.41. The first kappa shape index (κ1) is 22.5. The molecular weight excluding hydrogens is 442 g/mol. The van der Waals surface area contributed by atoms with Gasteiger partial charge in [0.05, 0.1) is 6.20 Å². The van der Waals surface area contributed by atoms with E-state index in [-0.39, 0.29) is 28.5 Å². The highest BCUT2D eigenvalue weighted by molar-refractivity contribution is 7.17. The number of carbonyl (C=O) groups excluding carboxylic acids is 2. The minimum Gasteiger partial charge on any atom is -0.480 e. The Hall–Kier alpha value is -3.72. The molecule has 0 bridgehead atoms. The van der Waals surface area contributed by atoms with Crippen LogP contribution in [0.15, 0.2) is 54.7 Å². The molecule has 1 atom stereocenters. The number of anilines is 1. The molecule has 0 saturated heterocycles. The van der Waals surface area contributed by atoms with Gasteiger partial charge in [-0.25, -0.2) is 14.6 Å². The van der Waals surface area contributed by atoms with Crippen LogP contribution in [0.5, 0.6) is 0 Å². The van der Waals surface area contributed by atoms with Gasteiger partial charge in [-0.3, -0.25) is 10.1 Å². The maximum absolute atomic E-state index is 12.4. The number of thiazole rings is 1. The fraction of sp³-hybridized carbons (Fsp3) is 0.250. The van der Waals surface area contributed by atoms with Crippen molar-refractivity contribution >= 4 is 34.4 Å². The molecule has 0 radical (unpaired) electrons. The van der Waals surface area contributed by atoms with Crippen LogP contribution in [0.2, 0.25) is 0 Å². The number of nitrogens with one attached hydrogen (secondary N) is 2. The molecule has 2 amide bonds. The molecular formula is C24H23N3O5S. The van der Waals surface area contributed by atoms with E-state index in [4.69, 9.17) is 4.74 Å². The standard InChI is InChI=1S/C24H23N3O5S/c1-13(2)20(22(29)30)26-21(28)19-11-25-23(33-19)27-24(31)32-12-18-16-9-5-3-7-14(16)15-8-4-6-10-17(15)18/h3-11,13,18,20H,12H2,1-2H3,(H,26,28)(H,29,30)(H,25,27,31). The molecule has 0 spiro atoms. The molecule has 1 aliphatic rings. The number of rotatable bonds is 7. The quantitative estimate of drug-likeness (QED) is 0.478. The summed E-state index contributed by atoms with van der Waals surface area (Å²) in [6.07, 6.45) is 0.613. The number of hydrogen-bond donors (Lipinski definition) is 3. The van der Waals surface area contributed by atoms with Crippen molar-refractivity contribution < 1.29 is 24.2 Å². The number of carboxylic acid groups (broad SMARTS) is 1. The maximum atomic E-state index is 12.4. The highest BCUT2D eigenvalue weighted by Gasteiger charge is 2.29. The van der Waals surface area contributed by atoms with Crippen molar-refractivity contribution in [3.63, 3.8) is 0 Å². The molecule has 4 rings (SSSR count). The smallest absolute Gasteiger partial charge is 0.413 e. The van der Waals surface area contributed by atoms with E-state index in [1.165, 1.54) is 6.20 Å². The summed E-state index contributed by atoms with van der Waals surface area (Å²) in [7, 11) is 0. The summed E-state index contributed by atoms with van der Waals surface area (Å²) in [5, 5.41) is 14.4. The number of nitrogens with zero attached hydrogens (tertiary/aromatic N) is 1. The molecule has 1 aromatic heterocycles. The summed E-state index contributed by atoms with van der Waals surface area (Å²) in [4.78, 5) is 40.2. The lowest BCUT2D eigenvalue weighted by Gasteiger charge is -2.17. The number of aliphatic carboxylic acids is 1. The first-order valence-corrected chi connectivity index (χ1v) is 11.3. The van der Waals surface area contributed by atoms with Gasteiger partial charge in [0.1, 0.15) is 17.5 Å². The minimum atomic E-state index is -1.11. The van der Waals surface area contributed by atoms with Gasteiger partial charge < -0.3 is 15.2 Å². The molecule has 0 aliphatic heterocycles. The van der Waals surface area contributed by atoms with Crippen LogP contribution in [0, 0.1) is 5.92 Å². The summed E-state index contributed by atoms with van der Waals surface area (Å²) in [5.41, 5.74) is 4.49. The molecule has 3 N–H and O–H groups in total. The summed E-state index contributed by atoms with van der Waals surface area (Å²) >= 11 is 0.942. The van der Waals surface area contributed by atoms with Crippen molar-refractivity contribution in [2.24, 2.45) is 5.92 Å². The zero-order valence-electron chi connectivity index (χ0n) is 18.1. The van der Waals surface area contributed by atoms with E-state index in [2.05, 4.69) is 27.8 Å². The van der Waals surface area contributed by atoms with Crippen LogP contribution in [0.4, 0.5) is 9.93 Å². The van der Waals surface area contributed by atoms with Crippen LogP contribution in [0.1, 0.15) is 40.6 Å². The van der Waals surface area contributed by atoms with E-state index >= 15 is 0 Å². The first-order chi connectivity index (χ1) is 15.8. The molecule has 0 saturated carbocycles. The molecule has 1 aliphatic carbocycles. The summed E-state index contributed by atoms with van der Waals surface area (Å²) in [5.74, 6) is -2.02. The van der Waals surface area contributed by atoms with Crippen LogP contribution in [-0.2, 0) is 9.53 Å². The monoisotopic (exact) mass is 465 g/mol. The number of carbonyl (C=O) groups is 3. The predicted molar refractivity (Wildman–Crippen MR) is 125 cm³/mol. The number of amides is 2. The van der Waals surface area contributed by atoms with Crippen LogP contribution < -0.4 is 10.6 Å². The Balaban J connectivity index is 1.37. The van der Waals surface area contributed by atoms with Crippen molar-refractivity contribution in [3.8, 4) is 11.1 Å². The molecule has 2 aromatic carbocycles. The van der Waals surface area contributed by atoms with Crippen molar-refractivity contribution in [2.75, 3.05) is 11.9 Å². The lowest BCUT2D eigenvalue weighted by Crippen LogP contribution is -2.44. The number of hydrogen-bond acceptors (Lipinski definition) is 6. The van der Waals surface area contributed by atoms with Gasteiger partial charge in [0.25, 0.3) is 5.91 Å². The number of ether oxygens (including phenoxy) is 1. The Kier molecular flexibility index (Phi) is 6.41. The van der Waals surface area contributed by atoms with Gasteiger partial charge in [-0.15, -0.1) is 0 Å². The maximum Gasteiger partial charge on any atom is 0.413 e. The molecule has 0 fully saturated rings. The fourth-order valence-electron chi connectivity index (χ4n) is 3.88. The average Bonchev–Trinajstić information content (AvgIpc) is 3.38. The number of carboxylic acids is 1. The summed E-state index contributed by atoms with van der Waals surface area (Å²) in [6.45, 7) is 3.57. The van der Waals surface area contributed by atoms with Crippen molar-refractivity contribution in [1.82, 2.24) is 10.3 Å². The normalized spacial score (nSPS) is 13.2. The van der Waals surface area contributed by atoms with Gasteiger partial charge in [0.15, 0.2) is 5.13 Å². The number of aromatic nitrogens is 1. The van der Waals surface area contributed by atoms with E-state index in [0.29, 0.717) is 0 Å². The van der Waals surface area contributed by atoms with Gasteiger partial charge in [-0.2, -0.15) is 0 Å². The van der Waals surface area contributed by atoms with Crippen LogP contribution in [-0.4, -0.2) is 40.7 Å². The molecule has 170 valence electrons. The Morgan fingerprint density at radius 2 is 1.67 bits per heavy atom. The predicted octanol–water partition coefficient (Wildman–Crippen LogP) is 4.34. The number of fused-ring (bicyclic) bond motifs is 3. The zero-order chi connectivity index (χ0) is 23.5. The lowest BCUT2D eigenvalue weighted by molar-refractivity contribution is -0.140. The van der Waals surface area contributed by atoms with Crippen LogP contribution in [0.3, 0.4) is 0 Å². The van der Waals surface area contributed by atoms with E-state index in [9.17, 15) is 19.5 Å². The van der Waals surface area contributed by atoms with E-state index in [1.54, 1.807) is 13.8 Å². The molecule has 1 unspecified atom stereocenters. The topological polar surface area (TPSA) is 118 Å². The third kappa shape index (κ3) is 4.73. The summed E-state index contributed by atoms with van der Waals surface area (Å²) in [6, 6.07) is 15.1. The van der Waals surface area contributed by atoms with Gasteiger partial charge in [-0.1, -0.05) is 73.7 Å². The van der Waals surface area contributed by atoms with Gasteiger partial charge in [0, 0.05) is 5.92 Å². The van der Waals surface area contributed by atoms with E-state index < -0.39 is 24.0 Å². The van der Waals surface area contributed by atoms with Crippen molar-refractivity contribution in [2.45, 2.75) is 25.8 Å². The van der Waals surface area contributed by atoms with E-state index in [1.807, 2.05) is 36.4 Å². The Morgan fingerprint density at radius 3 is 2.24 bits per heavy atom. The number of benzene rings is 2. The Morgan fingerprint density at radius 1 is 1.06 bits per heavy atom. The van der Waals surface area contributed by atoms with Gasteiger partial charge in [-0.05, 0) is 28.2 Å². The van der Waals surface area contributed by atoms with Gasteiger partial charge in [0.2, 0.25) is 0 Å². The van der Waals surface area contributed by atoms with Crippen LogP contribution in [0.25, 0.3) is 11.1 Å². The zero-order valence-corrected chi connectivity index (χ0v) is 18.9. The molecule has 3 aromatic rings. The van der Waals surface area contributed by atoms with Gasteiger partial charge >= 0.3 is 12.1 Å². The van der Waals surface area contributed by atoms with Crippen LogP contribution >= 0.6 is 11.3 Å². The minimum absolute atomic E-state index is 0.0650. The third-order valence-electron chi connectivity index (χ3n) is 5.50. The first-order valence-electron chi connectivity index (χ1n) is 10.5. The SMILES string of the molecule is CC(C)C(NC(=O)c1cnc(NC(=O)OCC2c3ccccc3-c3ccccc32)s1)C(=O)O. The second-order valence-corrected chi connectivity index (χ2v) is 9.04. The molecule has 33 heavy (non-hydrogen) atoms. The molecule has 9 heteroatoms. The van der Waals surface area contributed by atoms with E-state index in [0.717, 1.165) is 33.6 Å². The fourth-order valence-corrected chi connectivity index (χ4v) is 4.59. The van der Waals surface area contributed by atoms with Crippen molar-refractivity contribution in [1.29, 1.82) is 0 Å². The molecule has 8 nitrogen and oxygen atoms in total. The Labute approximate surface area is 194 Å². The highest BCUT2D eigenvalue weighted by atomic mass is 32.1. The highest BCUT2D eigenvalue weighted by Crippen LogP contribution is 2.44. The molecule has 1 heterocycles. The average molecular weight is 466 g/mol. The summed E-state index contributed by atoms with van der Waals surface area (Å²) < 4.78 is 5.48.